The molecule has 1 aromatic carbocycles. The number of ether oxygens (including phenoxy) is 1. The Labute approximate surface area is 203 Å². The number of anilines is 2. The van der Waals surface area contributed by atoms with E-state index >= 15 is 4.39 Å². The predicted octanol–water partition coefficient (Wildman–Crippen LogP) is 3.68. The summed E-state index contributed by atoms with van der Waals surface area (Å²) in [6.45, 7) is 4.61. The number of carbonyl (C=O) groups is 1. The van der Waals surface area contributed by atoms with Crippen LogP contribution in [0.2, 0.25) is 5.02 Å². The van der Waals surface area contributed by atoms with Gasteiger partial charge in [-0.3, -0.25) is 4.68 Å². The Hall–Kier alpha value is -3.25. The molecule has 0 saturated carbocycles. The molecule has 0 radical (unpaired) electrons. The van der Waals surface area contributed by atoms with Crippen molar-refractivity contribution in [3.8, 4) is 22.5 Å². The topological polar surface area (TPSA) is 123 Å². The van der Waals surface area contributed by atoms with Crippen LogP contribution in [0.5, 0.6) is 0 Å². The van der Waals surface area contributed by atoms with Crippen LogP contribution in [0.3, 0.4) is 0 Å². The fraction of sp³-hybridized carbons (Fsp3) is 0.333. The van der Waals surface area contributed by atoms with Crippen LogP contribution >= 0.6 is 11.6 Å². The van der Waals surface area contributed by atoms with E-state index in [1.165, 1.54) is 25.5 Å². The number of rotatable bonds is 9. The normalized spacial score (nSPS) is 12.6. The molecule has 3 rings (SSSR count). The number of aryl methyl sites for hydroxylation is 1. The van der Waals surface area contributed by atoms with Crippen LogP contribution < -0.4 is 15.4 Å². The molecule has 0 spiro atoms. The highest BCUT2D eigenvalue weighted by atomic mass is 35.5. The molecule has 3 N–H and O–H groups in total. The molecule has 1 amide bonds. The lowest BCUT2D eigenvalue weighted by Gasteiger charge is -2.14. The number of hydrogen-bond acceptors (Lipinski definition) is 7. The third-order valence-electron chi connectivity index (χ3n) is 4.68. The second-order valence-corrected chi connectivity index (χ2v) is 8.85. The van der Waals surface area contributed by atoms with E-state index in [9.17, 15) is 9.00 Å². The third kappa shape index (κ3) is 6.20. The van der Waals surface area contributed by atoms with E-state index in [1.807, 2.05) is 6.92 Å². The second kappa shape index (κ2) is 11.3. The summed E-state index contributed by atoms with van der Waals surface area (Å²) < 4.78 is 35.7. The van der Waals surface area contributed by atoms with Gasteiger partial charge in [0.05, 0.1) is 18.5 Å². The summed E-state index contributed by atoms with van der Waals surface area (Å²) in [6.07, 6.45) is 4.19. The highest BCUT2D eigenvalue weighted by Crippen LogP contribution is 2.36. The van der Waals surface area contributed by atoms with Gasteiger partial charge in [0, 0.05) is 53.9 Å². The number of hydrogen-bond donors (Lipinski definition) is 3. The zero-order valence-electron chi connectivity index (χ0n) is 19.1. The molecule has 0 fully saturated rings. The van der Waals surface area contributed by atoms with Gasteiger partial charge in [0.15, 0.2) is 5.82 Å². The molecule has 0 saturated heterocycles. The lowest BCUT2D eigenvalue weighted by molar-refractivity contribution is 0.168. The Morgan fingerprint density at radius 2 is 2.12 bits per heavy atom. The molecule has 13 heteroatoms. The number of methoxy groups -OCH3 is 1. The Balaban J connectivity index is 1.97. The molecule has 0 bridgehead atoms. The lowest BCUT2D eigenvalue weighted by Crippen LogP contribution is -2.37. The first-order chi connectivity index (χ1) is 16.2. The van der Waals surface area contributed by atoms with E-state index in [0.29, 0.717) is 36.0 Å². The average molecular weight is 510 g/mol. The van der Waals surface area contributed by atoms with Crippen LogP contribution in [0, 0.1) is 5.82 Å². The minimum atomic E-state index is -1.49. The molecule has 1 unspecified atom stereocenters. The van der Waals surface area contributed by atoms with Crippen LogP contribution in [0.4, 0.5) is 20.8 Å². The van der Waals surface area contributed by atoms with Crippen molar-refractivity contribution in [3.63, 3.8) is 0 Å². The minimum Gasteiger partial charge on any atom is -0.453 e. The summed E-state index contributed by atoms with van der Waals surface area (Å²) in [5.41, 5.74) is 1.56. The molecular weight excluding hydrogens is 485 g/mol. The number of halogens is 2. The number of nitrogens with one attached hydrogen (secondary N) is 3. The molecule has 0 aliphatic rings. The highest BCUT2D eigenvalue weighted by molar-refractivity contribution is 7.85. The average Bonchev–Trinajstić information content (AvgIpc) is 3.24. The minimum absolute atomic E-state index is 0.0115. The van der Waals surface area contributed by atoms with Crippen molar-refractivity contribution in [2.75, 3.05) is 29.9 Å². The third-order valence-corrected chi connectivity index (χ3v) is 5.41. The molecule has 2 atom stereocenters. The summed E-state index contributed by atoms with van der Waals surface area (Å²) in [6, 6.07) is 4.28. The van der Waals surface area contributed by atoms with Crippen LogP contribution in [0.25, 0.3) is 22.5 Å². The van der Waals surface area contributed by atoms with Crippen molar-refractivity contribution >= 4 is 40.3 Å². The molecule has 0 aliphatic heterocycles. The largest absolute Gasteiger partial charge is 0.453 e. The molecule has 2 heterocycles. The maximum absolute atomic E-state index is 15.3. The number of alkyl carbamates (subject to hydrolysis) is 1. The fourth-order valence-corrected chi connectivity index (χ4v) is 3.79. The zero-order chi connectivity index (χ0) is 24.8. The van der Waals surface area contributed by atoms with E-state index in [0.717, 1.165) is 0 Å². The number of nitrogens with zero attached hydrogens (tertiary/aromatic N) is 4. The molecule has 2 aromatic heterocycles. The highest BCUT2D eigenvalue weighted by Gasteiger charge is 2.21. The molecule has 182 valence electrons. The second-order valence-electron chi connectivity index (χ2n) is 7.30. The molecular formula is C21H25ClFN7O3S. The monoisotopic (exact) mass is 509 g/mol. The number of benzene rings is 1. The van der Waals surface area contributed by atoms with E-state index in [1.54, 1.807) is 30.1 Å². The van der Waals surface area contributed by atoms with Crippen LogP contribution in [-0.2, 0) is 22.3 Å². The summed E-state index contributed by atoms with van der Waals surface area (Å²) in [4.78, 5) is 20.1. The Morgan fingerprint density at radius 1 is 1.35 bits per heavy atom. The number of amides is 1. The first kappa shape index (κ1) is 25.4. The van der Waals surface area contributed by atoms with Gasteiger partial charge >= 0.3 is 6.09 Å². The number of aromatic nitrogens is 4. The van der Waals surface area contributed by atoms with Gasteiger partial charge in [-0.05, 0) is 32.0 Å². The zero-order valence-corrected chi connectivity index (χ0v) is 20.6. The summed E-state index contributed by atoms with van der Waals surface area (Å²) >= 11 is 6.22. The van der Waals surface area contributed by atoms with Crippen molar-refractivity contribution in [2.45, 2.75) is 26.4 Å². The van der Waals surface area contributed by atoms with Crippen molar-refractivity contribution in [1.82, 2.24) is 25.1 Å². The van der Waals surface area contributed by atoms with Crippen LogP contribution in [-0.4, -0.2) is 56.0 Å². The van der Waals surface area contributed by atoms with Crippen molar-refractivity contribution < 1.29 is 18.1 Å². The van der Waals surface area contributed by atoms with Gasteiger partial charge < -0.3 is 20.1 Å². The lowest BCUT2D eigenvalue weighted by atomic mass is 10.0. The summed E-state index contributed by atoms with van der Waals surface area (Å²) in [7, 11) is -0.198. The van der Waals surface area contributed by atoms with E-state index in [2.05, 4.69) is 35.2 Å². The quantitative estimate of drug-likeness (QED) is 0.402. The first-order valence-corrected chi connectivity index (χ1v) is 12.2. The predicted molar refractivity (Wildman–Crippen MR) is 131 cm³/mol. The molecule has 10 nitrogen and oxygen atoms in total. The van der Waals surface area contributed by atoms with E-state index in [4.69, 9.17) is 11.6 Å². The van der Waals surface area contributed by atoms with Gasteiger partial charge in [-0.1, -0.05) is 11.6 Å². The molecule has 0 aliphatic carbocycles. The van der Waals surface area contributed by atoms with E-state index < -0.39 is 22.9 Å². The van der Waals surface area contributed by atoms with Gasteiger partial charge in [-0.15, -0.1) is 0 Å². The van der Waals surface area contributed by atoms with E-state index in [-0.39, 0.29) is 22.3 Å². The molecule has 3 aromatic rings. The van der Waals surface area contributed by atoms with Crippen LogP contribution in [0.1, 0.15) is 13.8 Å². The maximum Gasteiger partial charge on any atom is 0.407 e. The standard InChI is InChI=1S/C21H25ClFN7O3S/c1-5-30-11-15(16-6-7-24-20(27-16)25-10-12(2)26-21(31)33-3)19(28-30)14-8-13(22)9-17(18(14)23)29-34(4)32/h6-9,11-12,29H,5,10H2,1-4H3,(H,26,31)(H,24,25,27)/t12-,34?/m0/s1. The van der Waals surface area contributed by atoms with Gasteiger partial charge in [-0.25, -0.2) is 23.4 Å². The Bertz CT molecular complexity index is 1210. The van der Waals surface area contributed by atoms with Crippen molar-refractivity contribution in [1.29, 1.82) is 0 Å². The van der Waals surface area contributed by atoms with Gasteiger partial charge in [0.1, 0.15) is 16.7 Å². The summed E-state index contributed by atoms with van der Waals surface area (Å²) in [5.74, 6) is -0.307. The van der Waals surface area contributed by atoms with Crippen molar-refractivity contribution in [2.24, 2.45) is 0 Å². The smallest absolute Gasteiger partial charge is 0.407 e. The van der Waals surface area contributed by atoms with Crippen molar-refractivity contribution in [3.05, 3.63) is 41.4 Å². The van der Waals surface area contributed by atoms with Gasteiger partial charge in [0.2, 0.25) is 5.95 Å². The maximum atomic E-state index is 15.3. The Kier molecular flexibility index (Phi) is 8.40. The molecule has 34 heavy (non-hydrogen) atoms. The van der Waals surface area contributed by atoms with Gasteiger partial charge in [-0.2, -0.15) is 5.10 Å². The van der Waals surface area contributed by atoms with Crippen LogP contribution in [0.15, 0.2) is 30.6 Å². The summed E-state index contributed by atoms with van der Waals surface area (Å²) in [5, 5.41) is 10.5. The number of carbonyl (C=O) groups excluding carboxylic acids is 1. The SMILES string of the molecule is CCn1cc(-c2ccnc(NC[C@H](C)NC(=O)OC)n2)c(-c2cc(Cl)cc(NS(C)=O)c2F)n1. The first-order valence-electron chi connectivity index (χ1n) is 10.3. The Morgan fingerprint density at radius 3 is 2.79 bits per heavy atom. The van der Waals surface area contributed by atoms with Gasteiger partial charge in [0.25, 0.3) is 0 Å². The fourth-order valence-electron chi connectivity index (χ4n) is 3.11.